The number of amides is 1. The quantitative estimate of drug-likeness (QED) is 0.452. The minimum absolute atomic E-state index is 0.0131. The number of carbonyl (C=O) groups excluding carboxylic acids is 1. The number of nitrogens with one attached hydrogen (secondary N) is 1. The number of rotatable bonds is 9. The number of hydrogen-bond donors (Lipinski definition) is 1. The van der Waals surface area contributed by atoms with Crippen LogP contribution in [0.4, 0.5) is 13.2 Å². The highest BCUT2D eigenvalue weighted by atomic mass is 32.2. The van der Waals surface area contributed by atoms with Gasteiger partial charge in [-0.3, -0.25) is 14.3 Å². The van der Waals surface area contributed by atoms with Crippen LogP contribution in [0.5, 0.6) is 0 Å². The zero-order valence-corrected chi connectivity index (χ0v) is 18.4. The van der Waals surface area contributed by atoms with Crippen LogP contribution in [0.1, 0.15) is 50.4 Å². The summed E-state index contributed by atoms with van der Waals surface area (Å²) in [5, 5.41) is 11.5. The molecule has 1 aromatic heterocycles. The smallest absolute Gasteiger partial charge is 0.355 e. The Balaban J connectivity index is 1.88. The number of likely N-dealkylation sites (tertiary alicyclic amines) is 1. The Hall–Kier alpha value is -2.07. The molecule has 31 heavy (non-hydrogen) atoms. The fourth-order valence-corrected chi connectivity index (χ4v) is 4.34. The average molecular weight is 456 g/mol. The number of aromatic nitrogens is 3. The van der Waals surface area contributed by atoms with Gasteiger partial charge in [-0.05, 0) is 44.5 Å². The van der Waals surface area contributed by atoms with Gasteiger partial charge in [-0.25, -0.2) is 0 Å². The number of alkyl halides is 3. The number of para-hydroxylation sites is 1. The van der Waals surface area contributed by atoms with Crippen molar-refractivity contribution in [3.8, 4) is 5.69 Å². The van der Waals surface area contributed by atoms with E-state index >= 15 is 0 Å². The van der Waals surface area contributed by atoms with Gasteiger partial charge in [-0.2, -0.15) is 13.2 Å². The second-order valence-corrected chi connectivity index (χ2v) is 8.52. The molecule has 0 unspecified atom stereocenters. The summed E-state index contributed by atoms with van der Waals surface area (Å²) in [6.45, 7) is 4.81. The van der Waals surface area contributed by atoms with Crippen molar-refractivity contribution < 1.29 is 18.0 Å². The Morgan fingerprint density at radius 1 is 1.16 bits per heavy atom. The van der Waals surface area contributed by atoms with Crippen molar-refractivity contribution in [1.29, 1.82) is 0 Å². The standard InChI is InChI=1S/C21H28F3N5OS/c1-2-3-11-25-19(30)15-31-20-27-26-18(14-28-12-7-4-8-13-28)29(20)17-10-6-5-9-16(17)21(22,23)24/h5-6,9-10H,2-4,7-8,11-15H2,1H3,(H,25,30). The van der Waals surface area contributed by atoms with Crippen LogP contribution in [0.3, 0.4) is 0 Å². The number of benzene rings is 1. The molecule has 1 amide bonds. The molecule has 0 atom stereocenters. The SMILES string of the molecule is CCCCNC(=O)CSc1nnc(CN2CCCCC2)n1-c1ccccc1C(F)(F)F. The largest absolute Gasteiger partial charge is 0.418 e. The van der Waals surface area contributed by atoms with E-state index in [0.717, 1.165) is 63.0 Å². The van der Waals surface area contributed by atoms with E-state index in [1.807, 2.05) is 6.92 Å². The molecule has 170 valence electrons. The molecule has 1 N–H and O–H groups in total. The van der Waals surface area contributed by atoms with Gasteiger partial charge in [0, 0.05) is 6.54 Å². The number of hydrogen-bond acceptors (Lipinski definition) is 5. The molecule has 2 aromatic rings. The molecule has 10 heteroatoms. The molecule has 1 aliphatic rings. The van der Waals surface area contributed by atoms with Gasteiger partial charge < -0.3 is 5.32 Å². The fourth-order valence-electron chi connectivity index (χ4n) is 3.55. The van der Waals surface area contributed by atoms with Crippen molar-refractivity contribution in [2.75, 3.05) is 25.4 Å². The van der Waals surface area contributed by atoms with Crippen LogP contribution < -0.4 is 5.32 Å². The normalized spacial score (nSPS) is 15.2. The van der Waals surface area contributed by atoms with Crippen LogP contribution in [0.2, 0.25) is 0 Å². The third kappa shape index (κ3) is 6.46. The van der Waals surface area contributed by atoms with Crippen molar-refractivity contribution in [3.05, 3.63) is 35.7 Å². The molecule has 2 heterocycles. The second kappa shape index (κ2) is 11.0. The molecule has 1 saturated heterocycles. The summed E-state index contributed by atoms with van der Waals surface area (Å²) in [4.78, 5) is 14.3. The van der Waals surface area contributed by atoms with Crippen molar-refractivity contribution in [1.82, 2.24) is 25.0 Å². The monoisotopic (exact) mass is 455 g/mol. The van der Waals surface area contributed by atoms with E-state index < -0.39 is 11.7 Å². The summed E-state index contributed by atoms with van der Waals surface area (Å²) in [7, 11) is 0. The molecule has 0 aliphatic carbocycles. The maximum absolute atomic E-state index is 13.7. The van der Waals surface area contributed by atoms with Crippen LogP contribution in [0.25, 0.3) is 5.69 Å². The first kappa shape index (κ1) is 23.6. The van der Waals surface area contributed by atoms with Gasteiger partial charge >= 0.3 is 6.18 Å². The van der Waals surface area contributed by atoms with E-state index in [1.165, 1.54) is 16.7 Å². The summed E-state index contributed by atoms with van der Waals surface area (Å²) in [5.74, 6) is 0.349. The van der Waals surface area contributed by atoms with E-state index in [2.05, 4.69) is 20.4 Å². The number of nitrogens with zero attached hydrogens (tertiary/aromatic N) is 4. The first-order valence-corrected chi connectivity index (χ1v) is 11.6. The molecule has 0 radical (unpaired) electrons. The number of halogens is 3. The van der Waals surface area contributed by atoms with Gasteiger partial charge in [0.15, 0.2) is 11.0 Å². The Morgan fingerprint density at radius 2 is 1.90 bits per heavy atom. The lowest BCUT2D eigenvalue weighted by Gasteiger charge is -2.26. The van der Waals surface area contributed by atoms with Crippen LogP contribution in [-0.2, 0) is 17.5 Å². The lowest BCUT2D eigenvalue weighted by molar-refractivity contribution is -0.137. The van der Waals surface area contributed by atoms with Gasteiger partial charge in [0.05, 0.1) is 23.5 Å². The molecular formula is C21H28F3N5OS. The Bertz CT molecular complexity index is 865. The molecule has 1 fully saturated rings. The van der Waals surface area contributed by atoms with Gasteiger partial charge in [0.25, 0.3) is 0 Å². The molecule has 0 saturated carbocycles. The van der Waals surface area contributed by atoms with Gasteiger partial charge in [0.1, 0.15) is 0 Å². The molecule has 1 aliphatic heterocycles. The lowest BCUT2D eigenvalue weighted by atomic mass is 10.1. The first-order chi connectivity index (χ1) is 14.9. The third-order valence-corrected chi connectivity index (χ3v) is 6.08. The summed E-state index contributed by atoms with van der Waals surface area (Å²) >= 11 is 1.10. The minimum atomic E-state index is -4.51. The first-order valence-electron chi connectivity index (χ1n) is 10.6. The molecule has 0 bridgehead atoms. The lowest BCUT2D eigenvalue weighted by Crippen LogP contribution is -2.30. The van der Waals surface area contributed by atoms with Crippen molar-refractivity contribution in [2.45, 2.75) is 56.9 Å². The summed E-state index contributed by atoms with van der Waals surface area (Å²) in [5.41, 5.74) is -0.759. The Kier molecular flexibility index (Phi) is 8.36. The van der Waals surface area contributed by atoms with Crippen LogP contribution in [-0.4, -0.2) is 51.0 Å². The highest BCUT2D eigenvalue weighted by molar-refractivity contribution is 7.99. The summed E-state index contributed by atoms with van der Waals surface area (Å²) < 4.78 is 42.6. The van der Waals surface area contributed by atoms with Crippen molar-refractivity contribution in [3.63, 3.8) is 0 Å². The van der Waals surface area contributed by atoms with Crippen molar-refractivity contribution in [2.24, 2.45) is 0 Å². The summed E-state index contributed by atoms with van der Waals surface area (Å²) in [6.07, 6.45) is 0.623. The van der Waals surface area contributed by atoms with Crippen molar-refractivity contribution >= 4 is 17.7 Å². The second-order valence-electron chi connectivity index (χ2n) is 7.58. The molecule has 0 spiro atoms. The predicted molar refractivity (Wildman–Crippen MR) is 114 cm³/mol. The average Bonchev–Trinajstić information content (AvgIpc) is 3.15. The zero-order chi connectivity index (χ0) is 22.3. The molecular weight excluding hydrogens is 427 g/mol. The van der Waals surface area contributed by atoms with Gasteiger partial charge in [-0.1, -0.05) is 43.7 Å². The number of carbonyl (C=O) groups is 1. The number of unbranched alkanes of at least 4 members (excludes halogenated alkanes) is 1. The Labute approximate surface area is 184 Å². The fraction of sp³-hybridized carbons (Fsp3) is 0.571. The highest BCUT2D eigenvalue weighted by Crippen LogP contribution is 2.36. The van der Waals surface area contributed by atoms with E-state index in [4.69, 9.17) is 0 Å². The number of thioether (sulfide) groups is 1. The van der Waals surface area contributed by atoms with Gasteiger partial charge in [0.2, 0.25) is 5.91 Å². The third-order valence-electron chi connectivity index (χ3n) is 5.15. The maximum atomic E-state index is 13.7. The zero-order valence-electron chi connectivity index (χ0n) is 17.6. The number of piperidine rings is 1. The van der Waals surface area contributed by atoms with Gasteiger partial charge in [-0.15, -0.1) is 10.2 Å². The molecule has 3 rings (SSSR count). The van der Waals surface area contributed by atoms with Crippen LogP contribution in [0.15, 0.2) is 29.4 Å². The topological polar surface area (TPSA) is 63.1 Å². The van der Waals surface area contributed by atoms with E-state index in [-0.39, 0.29) is 22.5 Å². The van der Waals surface area contributed by atoms with E-state index in [9.17, 15) is 18.0 Å². The molecule has 6 nitrogen and oxygen atoms in total. The maximum Gasteiger partial charge on any atom is 0.418 e. The minimum Gasteiger partial charge on any atom is -0.355 e. The molecule has 1 aromatic carbocycles. The van der Waals surface area contributed by atoms with Crippen LogP contribution >= 0.6 is 11.8 Å². The highest BCUT2D eigenvalue weighted by Gasteiger charge is 2.35. The summed E-state index contributed by atoms with van der Waals surface area (Å²) in [6, 6.07) is 5.43. The predicted octanol–water partition coefficient (Wildman–Crippen LogP) is 4.28. The van der Waals surface area contributed by atoms with E-state index in [0.29, 0.717) is 18.9 Å². The van der Waals surface area contributed by atoms with Crippen LogP contribution in [0, 0.1) is 0 Å². The van der Waals surface area contributed by atoms with E-state index in [1.54, 1.807) is 6.07 Å². The Morgan fingerprint density at radius 3 is 2.61 bits per heavy atom.